The molecule has 1 unspecified atom stereocenters. The van der Waals surface area contributed by atoms with Crippen LogP contribution in [0.5, 0.6) is 0 Å². The van der Waals surface area contributed by atoms with E-state index in [-0.39, 0.29) is 11.9 Å². The molecule has 0 spiro atoms. The van der Waals surface area contributed by atoms with E-state index in [1.807, 2.05) is 36.4 Å². The number of fused-ring (bicyclic) bond motifs is 1. The van der Waals surface area contributed by atoms with Gasteiger partial charge in [0, 0.05) is 12.1 Å². The molecule has 0 saturated heterocycles. The Morgan fingerprint density at radius 1 is 1.00 bits per heavy atom. The van der Waals surface area contributed by atoms with Crippen LogP contribution < -0.4 is 5.32 Å². The van der Waals surface area contributed by atoms with Gasteiger partial charge in [0.1, 0.15) is 5.82 Å². The molecule has 2 aromatic carbocycles. The Labute approximate surface area is 93.9 Å². The van der Waals surface area contributed by atoms with Crippen LogP contribution in [-0.2, 0) is 6.54 Å². The van der Waals surface area contributed by atoms with Gasteiger partial charge in [0.15, 0.2) is 0 Å². The zero-order valence-corrected chi connectivity index (χ0v) is 8.78. The maximum Gasteiger partial charge on any atom is 0.128 e. The first-order valence-electron chi connectivity index (χ1n) is 5.42. The average Bonchev–Trinajstić information content (AvgIpc) is 2.75. The van der Waals surface area contributed by atoms with E-state index in [4.69, 9.17) is 0 Å². The molecule has 0 aromatic heterocycles. The van der Waals surface area contributed by atoms with Crippen LogP contribution in [0.3, 0.4) is 0 Å². The fourth-order valence-corrected chi connectivity index (χ4v) is 2.30. The van der Waals surface area contributed by atoms with Gasteiger partial charge in [-0.3, -0.25) is 0 Å². The predicted octanol–water partition coefficient (Wildman–Crippen LogP) is 3.02. The Bertz CT molecular complexity index is 507. The summed E-state index contributed by atoms with van der Waals surface area (Å²) in [6.45, 7) is 0.743. The smallest absolute Gasteiger partial charge is 0.128 e. The highest BCUT2D eigenvalue weighted by molar-refractivity contribution is 5.41. The largest absolute Gasteiger partial charge is 0.302 e. The number of halogens is 1. The molecular weight excluding hydrogens is 201 g/mol. The molecule has 2 aromatic rings. The highest BCUT2D eigenvalue weighted by Crippen LogP contribution is 2.32. The van der Waals surface area contributed by atoms with Gasteiger partial charge >= 0.3 is 0 Å². The highest BCUT2D eigenvalue weighted by atomic mass is 19.1. The second-order valence-corrected chi connectivity index (χ2v) is 4.04. The lowest BCUT2D eigenvalue weighted by Crippen LogP contribution is -2.13. The van der Waals surface area contributed by atoms with Crippen molar-refractivity contribution in [3.05, 3.63) is 71.0 Å². The third-order valence-electron chi connectivity index (χ3n) is 3.06. The summed E-state index contributed by atoms with van der Waals surface area (Å²) in [6.07, 6.45) is 0. The van der Waals surface area contributed by atoms with Crippen molar-refractivity contribution >= 4 is 0 Å². The lowest BCUT2D eigenvalue weighted by Gasteiger charge is -2.12. The number of hydrogen-bond acceptors (Lipinski definition) is 1. The van der Waals surface area contributed by atoms with Crippen LogP contribution in [0.25, 0.3) is 0 Å². The number of benzene rings is 2. The van der Waals surface area contributed by atoms with E-state index >= 15 is 0 Å². The van der Waals surface area contributed by atoms with E-state index in [1.54, 1.807) is 6.07 Å². The molecule has 1 heterocycles. The Balaban J connectivity index is 2.10. The van der Waals surface area contributed by atoms with E-state index in [1.165, 1.54) is 6.07 Å². The molecule has 0 radical (unpaired) electrons. The molecule has 80 valence electrons. The van der Waals surface area contributed by atoms with Crippen molar-refractivity contribution in [1.29, 1.82) is 0 Å². The zero-order chi connectivity index (χ0) is 11.0. The molecule has 0 amide bonds. The third-order valence-corrected chi connectivity index (χ3v) is 3.06. The summed E-state index contributed by atoms with van der Waals surface area (Å²) in [5.74, 6) is -0.114. The van der Waals surface area contributed by atoms with Crippen molar-refractivity contribution in [3.8, 4) is 0 Å². The van der Waals surface area contributed by atoms with Crippen molar-refractivity contribution in [2.45, 2.75) is 12.6 Å². The normalized spacial score (nSPS) is 18.4. The first kappa shape index (κ1) is 9.55. The van der Waals surface area contributed by atoms with Crippen molar-refractivity contribution in [3.63, 3.8) is 0 Å². The quantitative estimate of drug-likeness (QED) is 0.767. The van der Waals surface area contributed by atoms with Gasteiger partial charge in [-0.05, 0) is 17.2 Å². The fourth-order valence-electron chi connectivity index (χ4n) is 2.30. The van der Waals surface area contributed by atoms with Gasteiger partial charge in [0.25, 0.3) is 0 Å². The summed E-state index contributed by atoms with van der Waals surface area (Å²) in [6, 6.07) is 15.3. The molecular formula is C14H12FN. The molecule has 3 rings (SSSR count). The van der Waals surface area contributed by atoms with Crippen molar-refractivity contribution in [2.24, 2.45) is 0 Å². The maximum absolute atomic E-state index is 13.8. The highest BCUT2D eigenvalue weighted by Gasteiger charge is 2.25. The van der Waals surface area contributed by atoms with Crippen LogP contribution in [0, 0.1) is 5.82 Å². The van der Waals surface area contributed by atoms with Crippen molar-refractivity contribution < 1.29 is 4.39 Å². The molecule has 1 atom stereocenters. The molecule has 0 bridgehead atoms. The summed E-state index contributed by atoms with van der Waals surface area (Å²) >= 11 is 0. The third kappa shape index (κ3) is 1.42. The van der Waals surface area contributed by atoms with E-state index in [0.717, 1.165) is 23.2 Å². The number of rotatable bonds is 1. The summed E-state index contributed by atoms with van der Waals surface area (Å²) < 4.78 is 13.8. The van der Waals surface area contributed by atoms with Crippen LogP contribution in [0.2, 0.25) is 0 Å². The van der Waals surface area contributed by atoms with E-state index in [9.17, 15) is 4.39 Å². The van der Waals surface area contributed by atoms with Gasteiger partial charge in [-0.15, -0.1) is 0 Å². The molecule has 1 N–H and O–H groups in total. The maximum atomic E-state index is 13.8. The molecule has 0 saturated carbocycles. The van der Waals surface area contributed by atoms with E-state index < -0.39 is 0 Å². The monoisotopic (exact) mass is 213 g/mol. The molecule has 16 heavy (non-hydrogen) atoms. The van der Waals surface area contributed by atoms with Gasteiger partial charge in [-0.1, -0.05) is 42.5 Å². The summed E-state index contributed by atoms with van der Waals surface area (Å²) in [7, 11) is 0. The SMILES string of the molecule is Fc1cccc2c1C(c1ccccc1)NC2. The van der Waals surface area contributed by atoms with Gasteiger partial charge in [0.2, 0.25) is 0 Å². The Hall–Kier alpha value is -1.67. The Morgan fingerprint density at radius 3 is 2.62 bits per heavy atom. The summed E-state index contributed by atoms with van der Waals surface area (Å²) in [5, 5.41) is 3.34. The van der Waals surface area contributed by atoms with E-state index in [0.29, 0.717) is 0 Å². The zero-order valence-electron chi connectivity index (χ0n) is 8.78. The van der Waals surface area contributed by atoms with Crippen molar-refractivity contribution in [2.75, 3.05) is 0 Å². The van der Waals surface area contributed by atoms with Crippen LogP contribution in [0.4, 0.5) is 4.39 Å². The predicted molar refractivity (Wildman–Crippen MR) is 61.5 cm³/mol. The second kappa shape index (κ2) is 3.72. The topological polar surface area (TPSA) is 12.0 Å². The minimum atomic E-state index is -0.114. The van der Waals surface area contributed by atoms with Gasteiger partial charge < -0.3 is 5.32 Å². The van der Waals surface area contributed by atoms with E-state index in [2.05, 4.69) is 5.32 Å². The Morgan fingerprint density at radius 2 is 1.81 bits per heavy atom. The molecule has 0 aliphatic carbocycles. The minimum Gasteiger partial charge on any atom is -0.302 e. The first-order valence-corrected chi connectivity index (χ1v) is 5.42. The second-order valence-electron chi connectivity index (χ2n) is 4.04. The minimum absolute atomic E-state index is 0.00241. The first-order chi connectivity index (χ1) is 7.86. The average molecular weight is 213 g/mol. The van der Waals surface area contributed by atoms with Gasteiger partial charge in [0.05, 0.1) is 6.04 Å². The molecule has 1 aliphatic rings. The standard InChI is InChI=1S/C14H12FN/c15-12-8-4-7-11-9-16-14(13(11)12)10-5-2-1-3-6-10/h1-8,14,16H,9H2. The van der Waals surface area contributed by atoms with Crippen LogP contribution >= 0.6 is 0 Å². The van der Waals surface area contributed by atoms with Crippen LogP contribution in [0.1, 0.15) is 22.7 Å². The lowest BCUT2D eigenvalue weighted by molar-refractivity contribution is 0.586. The van der Waals surface area contributed by atoms with Crippen LogP contribution in [-0.4, -0.2) is 0 Å². The van der Waals surface area contributed by atoms with Crippen LogP contribution in [0.15, 0.2) is 48.5 Å². The number of hydrogen-bond donors (Lipinski definition) is 1. The fraction of sp³-hybridized carbons (Fsp3) is 0.143. The summed E-state index contributed by atoms with van der Waals surface area (Å²) in [4.78, 5) is 0. The number of nitrogens with one attached hydrogen (secondary N) is 1. The summed E-state index contributed by atoms with van der Waals surface area (Å²) in [5.41, 5.74) is 2.98. The van der Waals surface area contributed by atoms with Gasteiger partial charge in [-0.25, -0.2) is 4.39 Å². The van der Waals surface area contributed by atoms with Gasteiger partial charge in [-0.2, -0.15) is 0 Å². The molecule has 1 nitrogen and oxygen atoms in total. The molecule has 0 fully saturated rings. The molecule has 1 aliphatic heterocycles. The Kier molecular flexibility index (Phi) is 2.22. The lowest BCUT2D eigenvalue weighted by atomic mass is 9.98. The molecule has 2 heteroatoms. The van der Waals surface area contributed by atoms with Crippen molar-refractivity contribution in [1.82, 2.24) is 5.32 Å².